The topological polar surface area (TPSA) is 118 Å². The number of nitrogens with one attached hydrogen (secondary N) is 1. The van der Waals surface area contributed by atoms with E-state index in [0.29, 0.717) is 6.61 Å². The molecule has 1 radical (unpaired) electrons. The van der Waals surface area contributed by atoms with Gasteiger partial charge in [0.1, 0.15) is 17.2 Å². The van der Waals surface area contributed by atoms with Crippen molar-refractivity contribution in [3.63, 3.8) is 0 Å². The van der Waals surface area contributed by atoms with E-state index in [2.05, 4.69) is 0 Å². The Labute approximate surface area is 240 Å². The number of amides is 1. The van der Waals surface area contributed by atoms with Gasteiger partial charge in [0.05, 0.1) is 12.7 Å². The molecule has 2 N–H and O–H groups in total. The van der Waals surface area contributed by atoms with Crippen molar-refractivity contribution in [1.82, 2.24) is 4.90 Å². The molecule has 195 valence electrons. The second-order valence-electron chi connectivity index (χ2n) is 10.3. The molecule has 1 amide bonds. The summed E-state index contributed by atoms with van der Waals surface area (Å²) in [5.41, 5.74) is 7.25. The summed E-state index contributed by atoms with van der Waals surface area (Å²) in [6.07, 6.45) is 1.46. The number of hydrogen-bond donors (Lipinski definition) is 1. The van der Waals surface area contributed by atoms with Crippen LogP contribution in [0.5, 0.6) is 0 Å². The summed E-state index contributed by atoms with van der Waals surface area (Å²) in [7, 11) is 0. The number of esters is 1. The molecule has 1 heterocycles. The molecule has 10 heteroatoms. The van der Waals surface area contributed by atoms with Gasteiger partial charge in [-0.05, 0) is 74.7 Å². The van der Waals surface area contributed by atoms with Gasteiger partial charge in [0.15, 0.2) is 6.29 Å². The van der Waals surface area contributed by atoms with Crippen molar-refractivity contribution in [1.29, 1.82) is 0 Å². The first-order valence-corrected chi connectivity index (χ1v) is 11.6. The molecule has 0 bridgehead atoms. The maximum atomic E-state index is 13.2. The van der Waals surface area contributed by atoms with Crippen LogP contribution >= 0.6 is 0 Å². The summed E-state index contributed by atoms with van der Waals surface area (Å²) in [6, 6.07) is -2.90. The number of rotatable bonds is 9. The second-order valence-corrected chi connectivity index (χ2v) is 10.3. The molecule has 1 rings (SSSR count). The fraction of sp³-hybridized carbons (Fsp3) is 0.833. The number of carbonyl (C=O) groups excluding carboxylic acids is 2. The van der Waals surface area contributed by atoms with E-state index in [0.717, 1.165) is 0 Å². The maximum absolute atomic E-state index is 13.2. The van der Waals surface area contributed by atoms with Crippen LogP contribution in [-0.4, -0.2) is 77.0 Å². The predicted molar refractivity (Wildman–Crippen MR) is 126 cm³/mol. The largest absolute Gasteiger partial charge is 0.671 e. The molecule has 1 fully saturated rings. The molecule has 1 aliphatic heterocycles. The summed E-state index contributed by atoms with van der Waals surface area (Å²) >= 11 is 0. The summed E-state index contributed by atoms with van der Waals surface area (Å²) in [5.74, 6) is -0.908. The van der Waals surface area contributed by atoms with Gasteiger partial charge in [-0.15, -0.1) is 0 Å². The molecule has 1 saturated heterocycles. The van der Waals surface area contributed by atoms with Crippen molar-refractivity contribution < 1.29 is 77.7 Å². The van der Waals surface area contributed by atoms with Gasteiger partial charge in [0.2, 0.25) is 0 Å². The van der Waals surface area contributed by atoms with Crippen LogP contribution in [0.1, 0.15) is 68.7 Å². The minimum Gasteiger partial charge on any atom is -0.671 e. The summed E-state index contributed by atoms with van der Waals surface area (Å²) in [4.78, 5) is 27.6. The molecular weight excluding hydrogens is 655 g/mol. The first-order valence-electron chi connectivity index (χ1n) is 11.6. The Morgan fingerprint density at radius 2 is 1.68 bits per heavy atom. The zero-order valence-electron chi connectivity index (χ0n) is 22.2. The SMILES string of the molecule is C/C=C\[C@@H]1C[C@H](C(=O)OC(C)(C)C)N(C(=O)OC(C)(C)C)[C@H]1[C@@H]([NH-])[C@H](O)COC(C)OCC.[Ac]. The van der Waals surface area contributed by atoms with Crippen LogP contribution in [0.2, 0.25) is 0 Å². The van der Waals surface area contributed by atoms with Crippen LogP contribution in [0.25, 0.3) is 5.73 Å². The average molecular weight is 699 g/mol. The molecule has 1 unspecified atom stereocenters. The molecule has 0 aromatic carbocycles. The number of ether oxygens (including phenoxy) is 4. The molecule has 9 nitrogen and oxygen atoms in total. The number of nitrogens with zero attached hydrogens (tertiary/aromatic N) is 1. The fourth-order valence-electron chi connectivity index (χ4n) is 3.80. The monoisotopic (exact) mass is 698 g/mol. The number of aliphatic hydroxyl groups is 1. The Morgan fingerprint density at radius 1 is 1.12 bits per heavy atom. The van der Waals surface area contributed by atoms with Crippen molar-refractivity contribution >= 4 is 12.1 Å². The Bertz CT molecular complexity index is 675. The van der Waals surface area contributed by atoms with E-state index in [9.17, 15) is 14.7 Å². The smallest absolute Gasteiger partial charge is 0.411 e. The van der Waals surface area contributed by atoms with Gasteiger partial charge < -0.3 is 29.8 Å². The van der Waals surface area contributed by atoms with Crippen LogP contribution in [0.15, 0.2) is 12.2 Å². The second kappa shape index (κ2) is 14.5. The van der Waals surface area contributed by atoms with Gasteiger partial charge in [-0.1, -0.05) is 18.2 Å². The van der Waals surface area contributed by atoms with E-state index in [1.165, 1.54) is 4.90 Å². The predicted octanol–water partition coefficient (Wildman–Crippen LogP) is 4.08. The maximum Gasteiger partial charge on any atom is 0.411 e. The Morgan fingerprint density at radius 3 is 2.15 bits per heavy atom. The summed E-state index contributed by atoms with van der Waals surface area (Å²) in [6.45, 7) is 16.2. The molecule has 6 atom stereocenters. The van der Waals surface area contributed by atoms with Crippen LogP contribution in [-0.2, 0) is 23.7 Å². The van der Waals surface area contributed by atoms with Gasteiger partial charge >= 0.3 is 12.1 Å². The van der Waals surface area contributed by atoms with Gasteiger partial charge in [-0.2, -0.15) is 0 Å². The Kier molecular flexibility index (Phi) is 14.4. The van der Waals surface area contributed by atoms with Crippen LogP contribution in [0.4, 0.5) is 4.79 Å². The van der Waals surface area contributed by atoms with Crippen molar-refractivity contribution in [2.75, 3.05) is 13.2 Å². The van der Waals surface area contributed by atoms with E-state index in [4.69, 9.17) is 24.7 Å². The Hall–Kier alpha value is -0.238. The zero-order valence-corrected chi connectivity index (χ0v) is 26.9. The minimum atomic E-state index is -1.21. The number of carbonyl (C=O) groups is 2. The van der Waals surface area contributed by atoms with Crippen molar-refractivity contribution in [2.24, 2.45) is 5.92 Å². The van der Waals surface area contributed by atoms with Crippen molar-refractivity contribution in [2.45, 2.75) is 110 Å². The van der Waals surface area contributed by atoms with Gasteiger partial charge in [-0.3, -0.25) is 4.90 Å². The molecule has 0 saturated carbocycles. The molecule has 0 spiro atoms. The normalized spacial score (nSPS) is 23.9. The third-order valence-electron chi connectivity index (χ3n) is 5.00. The summed E-state index contributed by atoms with van der Waals surface area (Å²) in [5, 5.41) is 10.7. The molecule has 0 aliphatic carbocycles. The van der Waals surface area contributed by atoms with E-state index in [1.807, 2.05) is 26.0 Å². The number of hydrogen-bond acceptors (Lipinski definition) is 7. The van der Waals surface area contributed by atoms with E-state index in [1.54, 1.807) is 48.5 Å². The molecule has 34 heavy (non-hydrogen) atoms. The van der Waals surface area contributed by atoms with E-state index < -0.39 is 53.8 Å². The first kappa shape index (κ1) is 33.8. The third-order valence-corrected chi connectivity index (χ3v) is 5.00. The van der Waals surface area contributed by atoms with Crippen LogP contribution in [0, 0.1) is 50.0 Å². The first-order chi connectivity index (χ1) is 15.1. The minimum absolute atomic E-state index is 0. The molecular formula is C24H43AcN2O7-. The Balaban J connectivity index is 0.0000109. The summed E-state index contributed by atoms with van der Waals surface area (Å²) < 4.78 is 22.0. The molecule has 1 aliphatic rings. The average Bonchev–Trinajstić information content (AvgIpc) is 3.03. The van der Waals surface area contributed by atoms with Crippen LogP contribution < -0.4 is 0 Å². The van der Waals surface area contributed by atoms with E-state index in [-0.39, 0.29) is 63.0 Å². The fourth-order valence-corrected chi connectivity index (χ4v) is 3.80. The van der Waals surface area contributed by atoms with Crippen LogP contribution in [0.3, 0.4) is 0 Å². The molecule has 0 aromatic heterocycles. The van der Waals surface area contributed by atoms with Gasteiger partial charge in [0, 0.05) is 56.7 Å². The zero-order chi connectivity index (χ0) is 25.6. The van der Waals surface area contributed by atoms with Crippen molar-refractivity contribution in [3.8, 4) is 0 Å². The number of aliphatic hydroxyl groups excluding tert-OH is 1. The van der Waals surface area contributed by atoms with Gasteiger partial charge in [-0.25, -0.2) is 9.59 Å². The molecule has 0 aromatic rings. The van der Waals surface area contributed by atoms with Crippen molar-refractivity contribution in [3.05, 3.63) is 17.9 Å². The third kappa shape index (κ3) is 10.8. The van der Waals surface area contributed by atoms with Gasteiger partial charge in [0.25, 0.3) is 0 Å². The number of likely N-dealkylation sites (tertiary alicyclic amines) is 1. The number of allylic oxidation sites excluding steroid dienone is 1. The quantitative estimate of drug-likeness (QED) is 0.219. The standard InChI is InChI=1S/C24H43N2O7.Ac/c1-10-12-16-13-17(21(28)32-23(4,5)6)26(22(29)33-24(7,8)9)20(16)19(25)18(27)14-31-15(3)30-11-2;/h10,12,15-20,25,27H,11,13-14H2,1-9H3;/q-1;/b12-10-;/t15?,16-,17-,18-,19+,20-;/m1./s1. The van der Waals surface area contributed by atoms with E-state index >= 15 is 0 Å².